The predicted octanol–water partition coefficient (Wildman–Crippen LogP) is 2.97. The molecule has 6 nitrogen and oxygen atoms in total. The van der Waals surface area contributed by atoms with E-state index in [2.05, 4.69) is 12.2 Å². The van der Waals surface area contributed by atoms with Crippen molar-refractivity contribution >= 4 is 23.2 Å². The standard InChI is InChI=1S/C20H20N2O4/c1-2-13-3-5-15(6-4-13)21-20(24)14-9-19(23)22(11-14)16-7-8-17-18(10-16)26-12-25-17/h3-8,10,14H,2,9,11-12H2,1H3,(H,21,24). The minimum Gasteiger partial charge on any atom is -0.454 e. The van der Waals surface area contributed by atoms with E-state index in [0.29, 0.717) is 18.0 Å². The second-order valence-electron chi connectivity index (χ2n) is 6.48. The molecule has 134 valence electrons. The number of nitrogens with zero attached hydrogens (tertiary/aromatic N) is 1. The molecule has 2 aromatic carbocycles. The third-order valence-corrected chi connectivity index (χ3v) is 4.79. The largest absolute Gasteiger partial charge is 0.454 e. The summed E-state index contributed by atoms with van der Waals surface area (Å²) in [6.07, 6.45) is 1.16. The van der Waals surface area contributed by atoms with E-state index >= 15 is 0 Å². The molecule has 1 unspecified atom stereocenters. The van der Waals surface area contributed by atoms with Crippen molar-refractivity contribution in [3.05, 3.63) is 48.0 Å². The molecule has 2 aromatic rings. The van der Waals surface area contributed by atoms with Crippen molar-refractivity contribution < 1.29 is 19.1 Å². The van der Waals surface area contributed by atoms with Crippen molar-refractivity contribution in [1.29, 1.82) is 0 Å². The van der Waals surface area contributed by atoms with E-state index in [-0.39, 0.29) is 30.9 Å². The highest BCUT2D eigenvalue weighted by atomic mass is 16.7. The molecular formula is C20H20N2O4. The Morgan fingerprint density at radius 1 is 1.15 bits per heavy atom. The second-order valence-corrected chi connectivity index (χ2v) is 6.48. The van der Waals surface area contributed by atoms with E-state index in [4.69, 9.17) is 9.47 Å². The van der Waals surface area contributed by atoms with Crippen LogP contribution in [-0.2, 0) is 16.0 Å². The lowest BCUT2D eigenvalue weighted by Gasteiger charge is -2.17. The van der Waals surface area contributed by atoms with Crippen LogP contribution in [0.5, 0.6) is 11.5 Å². The Labute approximate surface area is 151 Å². The molecule has 26 heavy (non-hydrogen) atoms. The van der Waals surface area contributed by atoms with Gasteiger partial charge in [-0.1, -0.05) is 19.1 Å². The van der Waals surface area contributed by atoms with Crippen LogP contribution in [0.15, 0.2) is 42.5 Å². The fourth-order valence-corrected chi connectivity index (χ4v) is 3.25. The zero-order valence-electron chi connectivity index (χ0n) is 14.5. The highest BCUT2D eigenvalue weighted by molar-refractivity contribution is 6.03. The van der Waals surface area contributed by atoms with Gasteiger partial charge >= 0.3 is 0 Å². The minimum absolute atomic E-state index is 0.0645. The molecule has 0 radical (unpaired) electrons. The molecule has 0 bridgehead atoms. The van der Waals surface area contributed by atoms with E-state index in [0.717, 1.165) is 17.8 Å². The van der Waals surface area contributed by atoms with Gasteiger partial charge in [-0.3, -0.25) is 9.59 Å². The molecule has 0 spiro atoms. The Morgan fingerprint density at radius 2 is 1.92 bits per heavy atom. The van der Waals surface area contributed by atoms with Crippen LogP contribution in [0.3, 0.4) is 0 Å². The van der Waals surface area contributed by atoms with Crippen LogP contribution < -0.4 is 19.7 Å². The summed E-state index contributed by atoms with van der Waals surface area (Å²) in [5, 5.41) is 2.91. The number of rotatable bonds is 4. The fraction of sp³-hybridized carbons (Fsp3) is 0.300. The van der Waals surface area contributed by atoms with Gasteiger partial charge in [0.25, 0.3) is 0 Å². The number of nitrogens with one attached hydrogen (secondary N) is 1. The van der Waals surface area contributed by atoms with E-state index in [1.165, 1.54) is 5.56 Å². The number of carbonyl (C=O) groups is 2. The molecular weight excluding hydrogens is 332 g/mol. The van der Waals surface area contributed by atoms with Crippen molar-refractivity contribution in [2.75, 3.05) is 23.6 Å². The Hall–Kier alpha value is -3.02. The SMILES string of the molecule is CCc1ccc(NC(=O)C2CC(=O)N(c3ccc4c(c3)OCO4)C2)cc1. The predicted molar refractivity (Wildman–Crippen MR) is 97.5 cm³/mol. The van der Waals surface area contributed by atoms with Crippen LogP contribution in [0, 0.1) is 5.92 Å². The quantitative estimate of drug-likeness (QED) is 0.919. The first-order valence-corrected chi connectivity index (χ1v) is 8.74. The zero-order chi connectivity index (χ0) is 18.1. The summed E-state index contributed by atoms with van der Waals surface area (Å²) >= 11 is 0. The van der Waals surface area contributed by atoms with Gasteiger partial charge in [0, 0.05) is 30.4 Å². The van der Waals surface area contributed by atoms with E-state index < -0.39 is 0 Å². The molecule has 1 atom stereocenters. The molecule has 4 rings (SSSR count). The number of anilines is 2. The molecule has 1 saturated heterocycles. The van der Waals surface area contributed by atoms with Crippen LogP contribution >= 0.6 is 0 Å². The van der Waals surface area contributed by atoms with Gasteiger partial charge in [-0.25, -0.2) is 0 Å². The maximum atomic E-state index is 12.5. The number of benzene rings is 2. The zero-order valence-corrected chi connectivity index (χ0v) is 14.5. The van der Waals surface area contributed by atoms with Crippen LogP contribution in [0.25, 0.3) is 0 Å². The number of amides is 2. The number of fused-ring (bicyclic) bond motifs is 1. The average Bonchev–Trinajstić information content (AvgIpc) is 3.28. The lowest BCUT2D eigenvalue weighted by atomic mass is 10.1. The monoisotopic (exact) mass is 352 g/mol. The van der Waals surface area contributed by atoms with Crippen molar-refractivity contribution in [2.45, 2.75) is 19.8 Å². The first-order chi connectivity index (χ1) is 12.6. The summed E-state index contributed by atoms with van der Waals surface area (Å²) < 4.78 is 10.7. The van der Waals surface area contributed by atoms with Crippen LogP contribution in [0.4, 0.5) is 11.4 Å². The molecule has 6 heteroatoms. The highest BCUT2D eigenvalue weighted by Gasteiger charge is 2.35. The number of aryl methyl sites for hydroxylation is 1. The molecule has 1 N–H and O–H groups in total. The number of hydrogen-bond donors (Lipinski definition) is 1. The van der Waals surface area contributed by atoms with Gasteiger partial charge in [-0.2, -0.15) is 0 Å². The molecule has 0 aliphatic carbocycles. The first-order valence-electron chi connectivity index (χ1n) is 8.74. The van der Waals surface area contributed by atoms with Crippen molar-refractivity contribution in [2.24, 2.45) is 5.92 Å². The van der Waals surface area contributed by atoms with Crippen LogP contribution in [0.1, 0.15) is 18.9 Å². The van der Waals surface area contributed by atoms with Gasteiger partial charge in [-0.15, -0.1) is 0 Å². The number of ether oxygens (including phenoxy) is 2. The third-order valence-electron chi connectivity index (χ3n) is 4.79. The Balaban J connectivity index is 1.44. The molecule has 2 aliphatic heterocycles. The third kappa shape index (κ3) is 3.10. The summed E-state index contributed by atoms with van der Waals surface area (Å²) in [5.41, 5.74) is 2.69. The Bertz CT molecular complexity index is 847. The van der Waals surface area contributed by atoms with E-state index in [1.807, 2.05) is 30.3 Å². The van der Waals surface area contributed by atoms with Crippen molar-refractivity contribution in [3.63, 3.8) is 0 Å². The van der Waals surface area contributed by atoms with Crippen LogP contribution in [0.2, 0.25) is 0 Å². The summed E-state index contributed by atoms with van der Waals surface area (Å²) in [7, 11) is 0. The average molecular weight is 352 g/mol. The smallest absolute Gasteiger partial charge is 0.231 e. The van der Waals surface area contributed by atoms with Gasteiger partial charge in [0.2, 0.25) is 18.6 Å². The number of carbonyl (C=O) groups excluding carboxylic acids is 2. The van der Waals surface area contributed by atoms with Gasteiger partial charge in [0.05, 0.1) is 5.92 Å². The minimum atomic E-state index is -0.376. The summed E-state index contributed by atoms with van der Waals surface area (Å²) in [5.74, 6) is 0.722. The normalized spacial score (nSPS) is 18.3. The highest BCUT2D eigenvalue weighted by Crippen LogP contribution is 2.37. The van der Waals surface area contributed by atoms with Crippen molar-refractivity contribution in [3.8, 4) is 11.5 Å². The summed E-state index contributed by atoms with van der Waals surface area (Å²) in [4.78, 5) is 26.6. The first kappa shape index (κ1) is 16.4. The van der Waals surface area contributed by atoms with Crippen LogP contribution in [-0.4, -0.2) is 25.2 Å². The summed E-state index contributed by atoms with van der Waals surface area (Å²) in [6.45, 7) is 2.63. The lowest BCUT2D eigenvalue weighted by molar-refractivity contribution is -0.122. The molecule has 2 amide bonds. The molecule has 1 fully saturated rings. The Morgan fingerprint density at radius 3 is 2.69 bits per heavy atom. The fourth-order valence-electron chi connectivity index (χ4n) is 3.25. The molecule has 2 aliphatic rings. The van der Waals surface area contributed by atoms with Gasteiger partial charge in [0.15, 0.2) is 11.5 Å². The van der Waals surface area contributed by atoms with Gasteiger partial charge < -0.3 is 19.7 Å². The number of hydrogen-bond acceptors (Lipinski definition) is 4. The summed E-state index contributed by atoms with van der Waals surface area (Å²) in [6, 6.07) is 13.2. The molecule has 2 heterocycles. The van der Waals surface area contributed by atoms with Crippen molar-refractivity contribution in [1.82, 2.24) is 0 Å². The van der Waals surface area contributed by atoms with Gasteiger partial charge in [-0.05, 0) is 36.2 Å². The van der Waals surface area contributed by atoms with E-state index in [9.17, 15) is 9.59 Å². The Kier molecular flexibility index (Phi) is 4.24. The van der Waals surface area contributed by atoms with E-state index in [1.54, 1.807) is 17.0 Å². The maximum absolute atomic E-state index is 12.5. The maximum Gasteiger partial charge on any atom is 0.231 e. The molecule has 0 aromatic heterocycles. The lowest BCUT2D eigenvalue weighted by Crippen LogP contribution is -2.28. The topological polar surface area (TPSA) is 67.9 Å². The molecule has 0 saturated carbocycles. The second kappa shape index (κ2) is 6.71. The van der Waals surface area contributed by atoms with Gasteiger partial charge in [0.1, 0.15) is 0 Å².